The van der Waals surface area contributed by atoms with Crippen LogP contribution in [0.3, 0.4) is 0 Å². The van der Waals surface area contributed by atoms with E-state index in [0.717, 1.165) is 50.2 Å². The summed E-state index contributed by atoms with van der Waals surface area (Å²) in [5, 5.41) is 2.23. The summed E-state index contributed by atoms with van der Waals surface area (Å²) in [5.74, 6) is 0.120. The van der Waals surface area contributed by atoms with E-state index in [1.807, 2.05) is 41.7 Å². The van der Waals surface area contributed by atoms with Crippen LogP contribution in [0.25, 0.3) is 43.5 Å². The van der Waals surface area contributed by atoms with E-state index >= 15 is 0 Å². The average molecular weight is 523 g/mol. The number of carbonyl (C=O) groups excluding carboxylic acids is 1. The van der Waals surface area contributed by atoms with Gasteiger partial charge in [-0.1, -0.05) is 66.2 Å². The molecule has 36 heavy (non-hydrogen) atoms. The van der Waals surface area contributed by atoms with Crippen LogP contribution in [0.4, 0.5) is 0 Å². The summed E-state index contributed by atoms with van der Waals surface area (Å²) in [6.45, 7) is 4.42. The van der Waals surface area contributed by atoms with E-state index in [0.29, 0.717) is 0 Å². The van der Waals surface area contributed by atoms with Crippen molar-refractivity contribution in [3.8, 4) is 21.6 Å². The molecule has 7 rings (SSSR count). The molecule has 0 bridgehead atoms. The third-order valence-electron chi connectivity index (χ3n) is 7.69. The van der Waals surface area contributed by atoms with E-state index in [-0.39, 0.29) is 5.78 Å². The fraction of sp³-hybridized carbons (Fsp3) is 0.156. The van der Waals surface area contributed by atoms with Crippen molar-refractivity contribution >= 4 is 62.0 Å². The van der Waals surface area contributed by atoms with Gasteiger partial charge >= 0.3 is 0 Å². The Bertz CT molecular complexity index is 1760. The maximum atomic E-state index is 13.4. The highest BCUT2D eigenvalue weighted by atomic mass is 35.5. The molecule has 0 radical (unpaired) electrons. The number of rotatable bonds is 3. The number of ketones is 1. The predicted octanol–water partition coefficient (Wildman–Crippen LogP) is 10.2. The maximum Gasteiger partial charge on any atom is 0.194 e. The normalized spacial score (nSPS) is 14.7. The first-order valence-electron chi connectivity index (χ1n) is 12.3. The molecule has 5 aromatic rings. The maximum absolute atomic E-state index is 13.4. The Labute approximate surface area is 223 Å². The summed E-state index contributed by atoms with van der Waals surface area (Å²) in [6, 6.07) is 23.1. The van der Waals surface area contributed by atoms with Crippen molar-refractivity contribution in [2.45, 2.75) is 33.1 Å². The summed E-state index contributed by atoms with van der Waals surface area (Å²) in [6.07, 6.45) is 3.40. The lowest BCUT2D eigenvalue weighted by Gasteiger charge is -2.21. The van der Waals surface area contributed by atoms with Crippen LogP contribution in [0.15, 0.2) is 66.7 Å². The molecular weight excluding hydrogens is 500 g/mol. The standard InChI is InChI=1S/C32H23ClOS2/c1-17-27(19-9-5-10-20(19)28-16-30(33)36-18(28)2)15-29(35-17)22-13-14-24-21-7-3-4-8-25(21)32(34)26-12-6-11-23(22)31(24)26/h3-4,6-8,11-16H,5,9-10H2,1-2H3. The smallest absolute Gasteiger partial charge is 0.194 e. The average Bonchev–Trinajstić information content (AvgIpc) is 3.59. The van der Waals surface area contributed by atoms with Crippen LogP contribution in [0.1, 0.15) is 56.1 Å². The molecule has 0 N–H and O–H groups in total. The number of thiophene rings is 2. The van der Waals surface area contributed by atoms with Gasteiger partial charge in [0.2, 0.25) is 0 Å². The van der Waals surface area contributed by atoms with Crippen molar-refractivity contribution < 1.29 is 4.79 Å². The lowest BCUT2D eigenvalue weighted by Crippen LogP contribution is -2.09. The lowest BCUT2D eigenvalue weighted by atomic mass is 9.81. The highest BCUT2D eigenvalue weighted by Gasteiger charge is 2.27. The molecule has 0 unspecified atom stereocenters. The molecule has 0 saturated carbocycles. The Morgan fingerprint density at radius 3 is 2.08 bits per heavy atom. The van der Waals surface area contributed by atoms with Gasteiger partial charge in [-0.05, 0) is 89.6 Å². The Morgan fingerprint density at radius 2 is 1.33 bits per heavy atom. The molecule has 0 atom stereocenters. The SMILES string of the molecule is Cc1sc(Cl)cc1C1=C(c2cc(-c3ccc4c5c(cccc35)C(=O)c3ccccc3-4)sc2C)CCC1. The number of benzene rings is 3. The molecule has 2 heterocycles. The van der Waals surface area contributed by atoms with Gasteiger partial charge in [-0.2, -0.15) is 0 Å². The highest BCUT2D eigenvalue weighted by molar-refractivity contribution is 7.16. The van der Waals surface area contributed by atoms with Crippen LogP contribution in [-0.2, 0) is 0 Å². The number of fused-ring (bicyclic) bond motifs is 2. The fourth-order valence-corrected chi connectivity index (χ4v) is 8.40. The van der Waals surface area contributed by atoms with E-state index in [1.165, 1.54) is 48.9 Å². The van der Waals surface area contributed by atoms with Crippen LogP contribution in [0.2, 0.25) is 4.34 Å². The zero-order valence-electron chi connectivity index (χ0n) is 20.1. The van der Waals surface area contributed by atoms with Crippen molar-refractivity contribution in [3.63, 3.8) is 0 Å². The Morgan fingerprint density at radius 1 is 0.667 bits per heavy atom. The van der Waals surface area contributed by atoms with Crippen molar-refractivity contribution in [2.24, 2.45) is 0 Å². The van der Waals surface area contributed by atoms with Crippen molar-refractivity contribution in [2.75, 3.05) is 0 Å². The first-order chi connectivity index (χ1) is 17.5. The zero-order valence-corrected chi connectivity index (χ0v) is 22.5. The number of hydrogen-bond acceptors (Lipinski definition) is 3. The van der Waals surface area contributed by atoms with Crippen molar-refractivity contribution in [1.82, 2.24) is 0 Å². The Kier molecular flexibility index (Phi) is 5.11. The van der Waals surface area contributed by atoms with Crippen LogP contribution in [-0.4, -0.2) is 5.78 Å². The van der Waals surface area contributed by atoms with Gasteiger partial charge < -0.3 is 0 Å². The molecule has 176 valence electrons. The lowest BCUT2D eigenvalue weighted by molar-refractivity contribution is 0.104. The van der Waals surface area contributed by atoms with E-state index in [2.05, 4.69) is 50.2 Å². The third kappa shape index (κ3) is 3.23. The van der Waals surface area contributed by atoms with Crippen LogP contribution >= 0.6 is 34.3 Å². The van der Waals surface area contributed by atoms with Gasteiger partial charge in [0.15, 0.2) is 5.78 Å². The Balaban J connectivity index is 1.41. The van der Waals surface area contributed by atoms with Gasteiger partial charge in [-0.25, -0.2) is 0 Å². The van der Waals surface area contributed by atoms with Gasteiger partial charge in [0.05, 0.1) is 4.34 Å². The van der Waals surface area contributed by atoms with Gasteiger partial charge in [0.1, 0.15) is 0 Å². The van der Waals surface area contributed by atoms with Crippen molar-refractivity contribution in [3.05, 3.63) is 103 Å². The second-order valence-electron chi connectivity index (χ2n) is 9.68. The second kappa shape index (κ2) is 8.27. The molecule has 0 fully saturated rings. The number of allylic oxidation sites excluding steroid dienone is 2. The number of hydrogen-bond donors (Lipinski definition) is 0. The molecule has 0 saturated heterocycles. The molecule has 0 aliphatic heterocycles. The minimum atomic E-state index is 0.120. The predicted molar refractivity (Wildman–Crippen MR) is 156 cm³/mol. The van der Waals surface area contributed by atoms with E-state index in [1.54, 1.807) is 11.3 Å². The molecule has 0 spiro atoms. The quantitative estimate of drug-likeness (QED) is 0.226. The third-order valence-corrected chi connectivity index (χ3v) is 9.95. The van der Waals surface area contributed by atoms with Crippen LogP contribution in [0.5, 0.6) is 0 Å². The second-order valence-corrected chi connectivity index (χ2v) is 12.8. The fourth-order valence-electron chi connectivity index (χ4n) is 6.09. The molecular formula is C32H23ClOS2. The van der Waals surface area contributed by atoms with Gasteiger partial charge in [-0.3, -0.25) is 4.79 Å². The minimum Gasteiger partial charge on any atom is -0.289 e. The highest BCUT2D eigenvalue weighted by Crippen LogP contribution is 2.48. The van der Waals surface area contributed by atoms with E-state index in [9.17, 15) is 4.79 Å². The zero-order chi connectivity index (χ0) is 24.6. The van der Waals surface area contributed by atoms with Crippen molar-refractivity contribution in [1.29, 1.82) is 0 Å². The van der Waals surface area contributed by atoms with Crippen LogP contribution < -0.4 is 0 Å². The number of aryl methyl sites for hydroxylation is 2. The Hall–Kier alpha value is -2.98. The summed E-state index contributed by atoms with van der Waals surface area (Å²) < 4.78 is 0.865. The number of halogens is 1. The van der Waals surface area contributed by atoms with E-state index < -0.39 is 0 Å². The van der Waals surface area contributed by atoms with Gasteiger partial charge in [0.25, 0.3) is 0 Å². The first-order valence-corrected chi connectivity index (χ1v) is 14.3. The first kappa shape index (κ1) is 22.2. The number of carbonyl (C=O) groups is 1. The van der Waals surface area contributed by atoms with Gasteiger partial charge in [0, 0.05) is 31.1 Å². The minimum absolute atomic E-state index is 0.120. The van der Waals surface area contributed by atoms with Gasteiger partial charge in [-0.15, -0.1) is 22.7 Å². The summed E-state index contributed by atoms with van der Waals surface area (Å²) in [7, 11) is 0. The van der Waals surface area contributed by atoms with Crippen LogP contribution in [0, 0.1) is 13.8 Å². The summed E-state index contributed by atoms with van der Waals surface area (Å²) >= 11 is 9.90. The summed E-state index contributed by atoms with van der Waals surface area (Å²) in [5.41, 5.74) is 10.6. The molecule has 3 aromatic carbocycles. The van der Waals surface area contributed by atoms with E-state index in [4.69, 9.17) is 11.6 Å². The molecule has 2 aliphatic rings. The molecule has 2 aliphatic carbocycles. The summed E-state index contributed by atoms with van der Waals surface area (Å²) in [4.78, 5) is 17.3. The topological polar surface area (TPSA) is 17.1 Å². The molecule has 0 amide bonds. The largest absolute Gasteiger partial charge is 0.289 e. The molecule has 4 heteroatoms. The monoisotopic (exact) mass is 522 g/mol. The molecule has 2 aromatic heterocycles. The molecule has 1 nitrogen and oxygen atoms in total.